The van der Waals surface area contributed by atoms with Crippen LogP contribution >= 0.6 is 0 Å². The second kappa shape index (κ2) is 5.54. The summed E-state index contributed by atoms with van der Waals surface area (Å²) in [5.74, 6) is 1.05. The molecule has 0 saturated carbocycles. The van der Waals surface area contributed by atoms with E-state index in [1.807, 2.05) is 0 Å². The number of piperidine rings is 1. The van der Waals surface area contributed by atoms with Crippen molar-refractivity contribution in [1.29, 1.82) is 0 Å². The largest absolute Gasteiger partial charge is 0.396 e. The maximum atomic E-state index is 9.25. The van der Waals surface area contributed by atoms with Crippen molar-refractivity contribution in [2.75, 3.05) is 24.6 Å². The summed E-state index contributed by atoms with van der Waals surface area (Å²) in [4.78, 5) is 2.40. The molecular formula is C15H23NO. The Morgan fingerprint density at radius 2 is 2.00 bits per heavy atom. The fourth-order valence-electron chi connectivity index (χ4n) is 2.52. The van der Waals surface area contributed by atoms with E-state index in [0.29, 0.717) is 18.4 Å². The van der Waals surface area contributed by atoms with E-state index < -0.39 is 0 Å². The molecule has 1 saturated heterocycles. The van der Waals surface area contributed by atoms with Crippen LogP contribution in [0.4, 0.5) is 5.69 Å². The smallest absolute Gasteiger partial charge is 0.0476 e. The summed E-state index contributed by atoms with van der Waals surface area (Å²) in [5.41, 5.74) is 2.69. The molecule has 94 valence electrons. The molecule has 0 aliphatic carbocycles. The first-order valence-corrected chi connectivity index (χ1v) is 6.66. The van der Waals surface area contributed by atoms with Crippen molar-refractivity contribution in [2.24, 2.45) is 5.92 Å². The van der Waals surface area contributed by atoms with Crippen LogP contribution in [0.2, 0.25) is 0 Å². The molecule has 2 heteroatoms. The number of nitrogens with zero attached hydrogens (tertiary/aromatic N) is 1. The van der Waals surface area contributed by atoms with E-state index in [1.54, 1.807) is 0 Å². The molecule has 1 aromatic carbocycles. The second-order valence-electron chi connectivity index (χ2n) is 5.38. The molecule has 1 N–H and O–H groups in total. The van der Waals surface area contributed by atoms with Crippen molar-refractivity contribution in [3.05, 3.63) is 29.8 Å². The van der Waals surface area contributed by atoms with E-state index in [0.717, 1.165) is 19.5 Å². The SMILES string of the molecule is CC(C)c1ccc(N2CCCC(CO)C2)cc1. The number of hydrogen-bond acceptors (Lipinski definition) is 2. The summed E-state index contributed by atoms with van der Waals surface area (Å²) in [6.07, 6.45) is 2.36. The molecule has 0 amide bonds. The fourth-order valence-corrected chi connectivity index (χ4v) is 2.52. The quantitative estimate of drug-likeness (QED) is 0.867. The normalized spacial score (nSPS) is 20.9. The Hall–Kier alpha value is -1.02. The summed E-state index contributed by atoms with van der Waals surface area (Å²) in [5, 5.41) is 9.25. The molecule has 0 aromatic heterocycles. The Kier molecular flexibility index (Phi) is 4.06. The summed E-state index contributed by atoms with van der Waals surface area (Å²) >= 11 is 0. The van der Waals surface area contributed by atoms with E-state index in [2.05, 4.69) is 43.0 Å². The summed E-state index contributed by atoms with van der Waals surface area (Å²) in [7, 11) is 0. The van der Waals surface area contributed by atoms with Crippen molar-refractivity contribution in [1.82, 2.24) is 0 Å². The van der Waals surface area contributed by atoms with Crippen LogP contribution < -0.4 is 4.90 Å². The highest BCUT2D eigenvalue weighted by Crippen LogP contribution is 2.24. The van der Waals surface area contributed by atoms with Gasteiger partial charge in [0.1, 0.15) is 0 Å². The number of aliphatic hydroxyl groups is 1. The third-order valence-corrected chi connectivity index (χ3v) is 3.70. The van der Waals surface area contributed by atoms with Crippen molar-refractivity contribution in [2.45, 2.75) is 32.6 Å². The Labute approximate surface area is 104 Å². The first-order chi connectivity index (χ1) is 8.20. The van der Waals surface area contributed by atoms with Crippen LogP contribution in [0.1, 0.15) is 38.2 Å². The number of hydrogen-bond donors (Lipinski definition) is 1. The topological polar surface area (TPSA) is 23.5 Å². The molecule has 1 aliphatic rings. The lowest BCUT2D eigenvalue weighted by atomic mass is 9.97. The fraction of sp³-hybridized carbons (Fsp3) is 0.600. The average Bonchev–Trinajstić information content (AvgIpc) is 2.39. The minimum Gasteiger partial charge on any atom is -0.396 e. The third kappa shape index (κ3) is 3.01. The van der Waals surface area contributed by atoms with Gasteiger partial charge >= 0.3 is 0 Å². The van der Waals surface area contributed by atoms with E-state index >= 15 is 0 Å². The number of anilines is 1. The van der Waals surface area contributed by atoms with E-state index in [4.69, 9.17) is 0 Å². The van der Waals surface area contributed by atoms with E-state index in [1.165, 1.54) is 17.7 Å². The molecule has 1 aliphatic heterocycles. The Morgan fingerprint density at radius 3 is 2.59 bits per heavy atom. The van der Waals surface area contributed by atoms with Crippen LogP contribution in [-0.4, -0.2) is 24.8 Å². The van der Waals surface area contributed by atoms with Gasteiger partial charge < -0.3 is 10.0 Å². The van der Waals surface area contributed by atoms with Crippen LogP contribution in [0, 0.1) is 5.92 Å². The van der Waals surface area contributed by atoms with Gasteiger partial charge in [-0.15, -0.1) is 0 Å². The van der Waals surface area contributed by atoms with Gasteiger partial charge in [0.25, 0.3) is 0 Å². The molecule has 1 atom stereocenters. The monoisotopic (exact) mass is 233 g/mol. The van der Waals surface area contributed by atoms with Gasteiger partial charge in [0, 0.05) is 25.4 Å². The van der Waals surface area contributed by atoms with Crippen LogP contribution in [0.25, 0.3) is 0 Å². The second-order valence-corrected chi connectivity index (χ2v) is 5.38. The molecule has 1 heterocycles. The highest BCUT2D eigenvalue weighted by Gasteiger charge is 2.19. The minimum absolute atomic E-state index is 0.320. The molecule has 1 fully saturated rings. The first kappa shape index (κ1) is 12.4. The Bertz CT molecular complexity index is 344. The molecule has 2 nitrogen and oxygen atoms in total. The lowest BCUT2D eigenvalue weighted by Crippen LogP contribution is -2.36. The molecule has 1 aromatic rings. The summed E-state index contributed by atoms with van der Waals surface area (Å²) in [6.45, 7) is 6.88. The number of aliphatic hydroxyl groups excluding tert-OH is 1. The van der Waals surface area contributed by atoms with Crippen LogP contribution in [0.5, 0.6) is 0 Å². The molecular weight excluding hydrogens is 210 g/mol. The van der Waals surface area contributed by atoms with Gasteiger partial charge in [-0.05, 0) is 42.4 Å². The first-order valence-electron chi connectivity index (χ1n) is 6.66. The van der Waals surface area contributed by atoms with Crippen molar-refractivity contribution in [3.8, 4) is 0 Å². The van der Waals surface area contributed by atoms with Gasteiger partial charge in [0.15, 0.2) is 0 Å². The van der Waals surface area contributed by atoms with Crippen LogP contribution in [0.3, 0.4) is 0 Å². The average molecular weight is 233 g/mol. The predicted molar refractivity (Wildman–Crippen MR) is 72.6 cm³/mol. The molecule has 2 rings (SSSR count). The van der Waals surface area contributed by atoms with E-state index in [-0.39, 0.29) is 0 Å². The number of benzene rings is 1. The lowest BCUT2D eigenvalue weighted by Gasteiger charge is -2.33. The van der Waals surface area contributed by atoms with Gasteiger partial charge in [-0.25, -0.2) is 0 Å². The van der Waals surface area contributed by atoms with Crippen LogP contribution in [-0.2, 0) is 0 Å². The maximum Gasteiger partial charge on any atom is 0.0476 e. The lowest BCUT2D eigenvalue weighted by molar-refractivity contribution is 0.209. The Morgan fingerprint density at radius 1 is 1.29 bits per heavy atom. The van der Waals surface area contributed by atoms with Crippen LogP contribution in [0.15, 0.2) is 24.3 Å². The molecule has 17 heavy (non-hydrogen) atoms. The highest BCUT2D eigenvalue weighted by atomic mass is 16.3. The zero-order valence-corrected chi connectivity index (χ0v) is 10.9. The van der Waals surface area contributed by atoms with Gasteiger partial charge in [-0.2, -0.15) is 0 Å². The van der Waals surface area contributed by atoms with Crippen molar-refractivity contribution < 1.29 is 5.11 Å². The molecule has 0 spiro atoms. The molecule has 0 radical (unpaired) electrons. The van der Waals surface area contributed by atoms with Gasteiger partial charge in [0.05, 0.1) is 0 Å². The summed E-state index contributed by atoms with van der Waals surface area (Å²) in [6, 6.07) is 8.88. The minimum atomic E-state index is 0.320. The van der Waals surface area contributed by atoms with Gasteiger partial charge in [0.2, 0.25) is 0 Å². The Balaban J connectivity index is 2.06. The molecule has 1 unspecified atom stereocenters. The number of rotatable bonds is 3. The zero-order valence-electron chi connectivity index (χ0n) is 10.9. The zero-order chi connectivity index (χ0) is 12.3. The highest BCUT2D eigenvalue weighted by molar-refractivity contribution is 5.48. The van der Waals surface area contributed by atoms with Gasteiger partial charge in [-0.1, -0.05) is 26.0 Å². The summed E-state index contributed by atoms with van der Waals surface area (Å²) < 4.78 is 0. The van der Waals surface area contributed by atoms with Crippen molar-refractivity contribution >= 4 is 5.69 Å². The van der Waals surface area contributed by atoms with Gasteiger partial charge in [-0.3, -0.25) is 0 Å². The molecule has 0 bridgehead atoms. The van der Waals surface area contributed by atoms with Crippen molar-refractivity contribution in [3.63, 3.8) is 0 Å². The predicted octanol–water partition coefficient (Wildman–Crippen LogP) is 3.02. The maximum absolute atomic E-state index is 9.25. The van der Waals surface area contributed by atoms with E-state index in [9.17, 15) is 5.11 Å². The third-order valence-electron chi connectivity index (χ3n) is 3.70. The standard InChI is InChI=1S/C15H23NO/c1-12(2)14-5-7-15(8-6-14)16-9-3-4-13(10-16)11-17/h5-8,12-13,17H,3-4,9-11H2,1-2H3.